The Hall–Kier alpha value is -1.75. The topological polar surface area (TPSA) is 66.9 Å². The van der Waals surface area contributed by atoms with Crippen molar-refractivity contribution in [2.75, 3.05) is 0 Å². The van der Waals surface area contributed by atoms with Crippen molar-refractivity contribution in [2.24, 2.45) is 0 Å². The van der Waals surface area contributed by atoms with Gasteiger partial charge in [-0.25, -0.2) is 0 Å². The lowest BCUT2D eigenvalue weighted by Crippen LogP contribution is -2.08. The van der Waals surface area contributed by atoms with Gasteiger partial charge in [0.15, 0.2) is 0 Å². The molecule has 0 aliphatic heterocycles. The molecule has 0 radical (unpaired) electrons. The summed E-state index contributed by atoms with van der Waals surface area (Å²) >= 11 is 3.46. The number of nitrogens with zero attached hydrogens (tertiary/aromatic N) is 2. The van der Waals surface area contributed by atoms with Gasteiger partial charge in [-0.3, -0.25) is 10.1 Å². The number of rotatable bonds is 1. The van der Waals surface area contributed by atoms with Gasteiger partial charge in [-0.2, -0.15) is 18.4 Å². The maximum absolute atomic E-state index is 12.4. The van der Waals surface area contributed by atoms with Gasteiger partial charge in [-0.05, 0) is 12.1 Å². The van der Waals surface area contributed by atoms with Crippen LogP contribution in [-0.4, -0.2) is 4.92 Å². The first-order valence-electron chi connectivity index (χ1n) is 3.76. The maximum Gasteiger partial charge on any atom is 0.417 e. The molecule has 0 saturated heterocycles. The third-order valence-corrected chi connectivity index (χ3v) is 2.21. The molecule has 0 bridgehead atoms. The van der Waals surface area contributed by atoms with E-state index in [4.69, 9.17) is 5.26 Å². The number of halogens is 3. The first-order chi connectivity index (χ1) is 7.29. The molecule has 0 atom stereocenters. The largest absolute Gasteiger partial charge is 0.417 e. The minimum atomic E-state index is -4.74. The summed E-state index contributed by atoms with van der Waals surface area (Å²) in [6.07, 6.45) is -4.74. The Bertz CT molecular complexity index is 493. The number of nitro benzene ring substituents is 1. The second kappa shape index (κ2) is 4.02. The van der Waals surface area contributed by atoms with Crippen molar-refractivity contribution in [3.05, 3.63) is 33.4 Å². The van der Waals surface area contributed by atoms with Crippen molar-refractivity contribution in [3.63, 3.8) is 0 Å². The normalized spacial score (nSPS) is 10.9. The summed E-state index contributed by atoms with van der Waals surface area (Å²) < 4.78 is 37.1. The smallest absolute Gasteiger partial charge is 0.258 e. The van der Waals surface area contributed by atoms with Crippen LogP contribution >= 0.6 is 12.6 Å². The van der Waals surface area contributed by atoms with E-state index >= 15 is 0 Å². The first kappa shape index (κ1) is 12.3. The van der Waals surface area contributed by atoms with Crippen LogP contribution in [0.1, 0.15) is 11.1 Å². The monoisotopic (exact) mass is 248 g/mol. The molecule has 0 N–H and O–H groups in total. The van der Waals surface area contributed by atoms with Gasteiger partial charge in [0, 0.05) is 0 Å². The molecule has 0 unspecified atom stereocenters. The number of nitro groups is 1. The molecule has 1 rings (SSSR count). The summed E-state index contributed by atoms with van der Waals surface area (Å²) in [5, 5.41) is 19.0. The van der Waals surface area contributed by atoms with Crippen molar-refractivity contribution in [1.29, 1.82) is 5.26 Å². The zero-order valence-electron chi connectivity index (χ0n) is 7.45. The fraction of sp³-hybridized carbons (Fsp3) is 0.125. The number of alkyl halides is 3. The van der Waals surface area contributed by atoms with E-state index in [0.717, 1.165) is 6.07 Å². The Morgan fingerprint density at radius 3 is 2.38 bits per heavy atom. The summed E-state index contributed by atoms with van der Waals surface area (Å²) in [7, 11) is 0. The van der Waals surface area contributed by atoms with E-state index in [2.05, 4.69) is 12.6 Å². The first-order valence-corrected chi connectivity index (χ1v) is 4.21. The Balaban J connectivity index is 3.58. The Morgan fingerprint density at radius 2 is 2.00 bits per heavy atom. The van der Waals surface area contributed by atoms with E-state index in [0.29, 0.717) is 6.07 Å². The fourth-order valence-electron chi connectivity index (χ4n) is 1.08. The number of benzene rings is 1. The van der Waals surface area contributed by atoms with Crippen LogP contribution in [0.4, 0.5) is 18.9 Å². The van der Waals surface area contributed by atoms with Crippen LogP contribution < -0.4 is 0 Å². The minimum Gasteiger partial charge on any atom is -0.258 e. The average molecular weight is 248 g/mol. The van der Waals surface area contributed by atoms with E-state index in [1.54, 1.807) is 0 Å². The minimum absolute atomic E-state index is 0.456. The molecule has 1 aromatic rings. The highest BCUT2D eigenvalue weighted by atomic mass is 32.1. The molecule has 16 heavy (non-hydrogen) atoms. The highest BCUT2D eigenvalue weighted by Crippen LogP contribution is 2.39. The van der Waals surface area contributed by atoms with E-state index in [9.17, 15) is 23.3 Å². The van der Waals surface area contributed by atoms with Gasteiger partial charge in [0.2, 0.25) is 0 Å². The van der Waals surface area contributed by atoms with Crippen LogP contribution in [0, 0.1) is 21.4 Å². The fourth-order valence-corrected chi connectivity index (χ4v) is 1.49. The summed E-state index contributed by atoms with van der Waals surface area (Å²) in [4.78, 5) is 8.61. The molecular weight excluding hydrogens is 245 g/mol. The highest BCUT2D eigenvalue weighted by Gasteiger charge is 2.36. The molecule has 0 amide bonds. The van der Waals surface area contributed by atoms with Crippen molar-refractivity contribution in [3.8, 4) is 6.07 Å². The molecule has 0 heterocycles. The van der Waals surface area contributed by atoms with Crippen LogP contribution in [0.2, 0.25) is 0 Å². The summed E-state index contributed by atoms with van der Waals surface area (Å²) in [6, 6.07) is 2.78. The van der Waals surface area contributed by atoms with Gasteiger partial charge in [0.05, 0.1) is 15.4 Å². The maximum atomic E-state index is 12.4. The van der Waals surface area contributed by atoms with Crippen molar-refractivity contribution >= 4 is 18.3 Å². The van der Waals surface area contributed by atoms with Crippen LogP contribution in [0.5, 0.6) is 0 Å². The highest BCUT2D eigenvalue weighted by molar-refractivity contribution is 7.80. The van der Waals surface area contributed by atoms with Crippen molar-refractivity contribution in [2.45, 2.75) is 11.1 Å². The van der Waals surface area contributed by atoms with Crippen LogP contribution in [0.3, 0.4) is 0 Å². The van der Waals surface area contributed by atoms with E-state index in [1.807, 2.05) is 0 Å². The van der Waals surface area contributed by atoms with Crippen molar-refractivity contribution in [1.82, 2.24) is 0 Å². The molecular formula is C8H3F3N2O2S. The predicted molar refractivity (Wildman–Crippen MR) is 50.1 cm³/mol. The summed E-state index contributed by atoms with van der Waals surface area (Å²) in [6.45, 7) is 0. The second-order valence-corrected chi connectivity index (χ2v) is 3.17. The molecule has 0 spiro atoms. The molecule has 8 heteroatoms. The van der Waals surface area contributed by atoms with Crippen molar-refractivity contribution < 1.29 is 18.1 Å². The standard InChI is InChI=1S/C8H3F3N2O2S/c9-8(10,11)5-2-1-4(3-12)6(7(5)16)13(14)15/h1-2,16H. The zero-order chi connectivity index (χ0) is 12.5. The Morgan fingerprint density at radius 1 is 1.44 bits per heavy atom. The molecule has 1 aromatic carbocycles. The third-order valence-electron chi connectivity index (χ3n) is 1.76. The number of hydrogen-bond acceptors (Lipinski definition) is 4. The molecule has 0 aromatic heterocycles. The van der Waals surface area contributed by atoms with Gasteiger partial charge in [0.1, 0.15) is 11.6 Å². The van der Waals surface area contributed by atoms with Gasteiger partial charge < -0.3 is 0 Å². The molecule has 0 aliphatic carbocycles. The van der Waals surface area contributed by atoms with Crippen LogP contribution in [-0.2, 0) is 6.18 Å². The van der Waals surface area contributed by atoms with Crippen LogP contribution in [0.15, 0.2) is 17.0 Å². The van der Waals surface area contributed by atoms with Gasteiger partial charge in [-0.1, -0.05) is 0 Å². The van der Waals surface area contributed by atoms with Gasteiger partial charge in [-0.15, -0.1) is 12.6 Å². The lowest BCUT2D eigenvalue weighted by Gasteiger charge is -2.09. The van der Waals surface area contributed by atoms with Crippen LogP contribution in [0.25, 0.3) is 0 Å². The van der Waals surface area contributed by atoms with Gasteiger partial charge in [0.25, 0.3) is 0 Å². The van der Waals surface area contributed by atoms with E-state index < -0.39 is 32.8 Å². The molecule has 84 valence electrons. The lowest BCUT2D eigenvalue weighted by atomic mass is 10.1. The van der Waals surface area contributed by atoms with E-state index in [-0.39, 0.29) is 0 Å². The SMILES string of the molecule is N#Cc1ccc(C(F)(F)F)c(S)c1[N+](=O)[O-]. The summed E-state index contributed by atoms with van der Waals surface area (Å²) in [5.74, 6) is 0. The van der Waals surface area contributed by atoms with E-state index in [1.165, 1.54) is 6.07 Å². The molecule has 4 nitrogen and oxygen atoms in total. The average Bonchev–Trinajstić information content (AvgIpc) is 2.14. The summed E-state index contributed by atoms with van der Waals surface area (Å²) in [5.41, 5.74) is -2.62. The second-order valence-electron chi connectivity index (χ2n) is 2.72. The quantitative estimate of drug-likeness (QED) is 0.472. The zero-order valence-corrected chi connectivity index (χ0v) is 8.34. The molecule has 0 aliphatic rings. The Labute approximate surface area is 92.9 Å². The lowest BCUT2D eigenvalue weighted by molar-refractivity contribution is -0.388. The Kier molecular flexibility index (Phi) is 3.09. The number of thiol groups is 1. The third kappa shape index (κ3) is 2.09. The number of hydrogen-bond donors (Lipinski definition) is 1. The number of nitriles is 1. The van der Waals surface area contributed by atoms with Gasteiger partial charge >= 0.3 is 11.9 Å². The predicted octanol–water partition coefficient (Wildman–Crippen LogP) is 2.77. The molecule has 0 saturated carbocycles. The molecule has 0 fully saturated rings.